The van der Waals surface area contributed by atoms with Crippen molar-refractivity contribution in [1.29, 1.82) is 0 Å². The Bertz CT molecular complexity index is 453. The van der Waals surface area contributed by atoms with E-state index in [-0.39, 0.29) is 17.2 Å². The molecule has 0 radical (unpaired) electrons. The Kier molecular flexibility index (Phi) is 6.34. The van der Waals surface area contributed by atoms with Crippen molar-refractivity contribution >= 4 is 5.91 Å². The van der Waals surface area contributed by atoms with Crippen molar-refractivity contribution in [2.45, 2.75) is 32.1 Å². The summed E-state index contributed by atoms with van der Waals surface area (Å²) in [5, 5.41) is 6.48. The van der Waals surface area contributed by atoms with Gasteiger partial charge in [-0.05, 0) is 43.5 Å². The predicted molar refractivity (Wildman–Crippen MR) is 86.7 cm³/mol. The summed E-state index contributed by atoms with van der Waals surface area (Å²) in [4.78, 5) is 16.3. The number of amides is 1. The summed E-state index contributed by atoms with van der Waals surface area (Å²) in [7, 11) is 1.73. The van der Waals surface area contributed by atoms with Crippen LogP contribution >= 0.6 is 0 Å². The van der Waals surface area contributed by atoms with Crippen molar-refractivity contribution in [2.24, 2.45) is 5.41 Å². The van der Waals surface area contributed by atoms with Crippen molar-refractivity contribution < 1.29 is 9.53 Å². The Morgan fingerprint density at radius 2 is 2.27 bits per heavy atom. The van der Waals surface area contributed by atoms with Gasteiger partial charge in [-0.2, -0.15) is 0 Å². The molecular formula is C17H27N3O2. The van der Waals surface area contributed by atoms with Gasteiger partial charge in [0.1, 0.15) is 0 Å². The van der Waals surface area contributed by atoms with Crippen LogP contribution in [0, 0.1) is 5.41 Å². The van der Waals surface area contributed by atoms with Crippen molar-refractivity contribution in [3.05, 3.63) is 30.1 Å². The topological polar surface area (TPSA) is 63.2 Å². The van der Waals surface area contributed by atoms with Crippen LogP contribution in [0.3, 0.4) is 0 Å². The molecule has 0 aliphatic carbocycles. The second kappa shape index (κ2) is 8.25. The van der Waals surface area contributed by atoms with Gasteiger partial charge < -0.3 is 15.4 Å². The van der Waals surface area contributed by atoms with Crippen molar-refractivity contribution in [3.63, 3.8) is 0 Å². The van der Waals surface area contributed by atoms with E-state index in [1.165, 1.54) is 0 Å². The summed E-state index contributed by atoms with van der Waals surface area (Å²) >= 11 is 0. The van der Waals surface area contributed by atoms with Crippen molar-refractivity contribution in [2.75, 3.05) is 33.4 Å². The average Bonchev–Trinajstić information content (AvgIpc) is 2.55. The summed E-state index contributed by atoms with van der Waals surface area (Å²) < 4.78 is 5.38. The third-order valence-corrected chi connectivity index (χ3v) is 4.52. The van der Waals surface area contributed by atoms with E-state index >= 15 is 0 Å². The summed E-state index contributed by atoms with van der Waals surface area (Å²) in [6.45, 7) is 5.44. The van der Waals surface area contributed by atoms with Crippen LogP contribution < -0.4 is 10.6 Å². The number of carbonyl (C=O) groups excluding carboxylic acids is 1. The van der Waals surface area contributed by atoms with E-state index in [2.05, 4.69) is 22.5 Å². The number of nitrogens with one attached hydrogen (secondary N) is 2. The third kappa shape index (κ3) is 4.78. The van der Waals surface area contributed by atoms with E-state index in [0.717, 1.165) is 31.5 Å². The lowest BCUT2D eigenvalue weighted by Gasteiger charge is -2.37. The number of carbonyl (C=O) groups is 1. The number of ether oxygens (including phenoxy) is 1. The first-order chi connectivity index (χ1) is 10.7. The number of hydrogen-bond acceptors (Lipinski definition) is 4. The number of piperidine rings is 1. The zero-order valence-corrected chi connectivity index (χ0v) is 13.6. The third-order valence-electron chi connectivity index (χ3n) is 4.52. The normalized spacial score (nSPS) is 18.6. The Balaban J connectivity index is 1.83. The molecule has 1 aliphatic rings. The molecule has 0 spiro atoms. The number of methoxy groups -OCH3 is 1. The van der Waals surface area contributed by atoms with Gasteiger partial charge in [0.25, 0.3) is 0 Å². The molecule has 1 saturated heterocycles. The van der Waals surface area contributed by atoms with E-state index in [1.807, 2.05) is 18.3 Å². The lowest BCUT2D eigenvalue weighted by molar-refractivity contribution is -0.122. The minimum atomic E-state index is 0.0766. The molecule has 1 unspecified atom stereocenters. The SMILES string of the molecule is COCC1(CNC(=O)CC(C)c2cccnc2)CCNCC1. The van der Waals surface area contributed by atoms with E-state index in [1.54, 1.807) is 13.3 Å². The van der Waals surface area contributed by atoms with Crippen LogP contribution in [0.25, 0.3) is 0 Å². The second-order valence-corrected chi connectivity index (χ2v) is 6.35. The molecule has 0 bridgehead atoms. The molecule has 1 aliphatic heterocycles. The standard InChI is InChI=1S/C17H27N3O2/c1-14(15-4-3-7-19-11-15)10-16(21)20-12-17(13-22-2)5-8-18-9-6-17/h3-4,7,11,14,18H,5-6,8-10,12-13H2,1-2H3,(H,20,21). The Morgan fingerprint density at radius 1 is 1.50 bits per heavy atom. The van der Waals surface area contributed by atoms with Gasteiger partial charge in [0.15, 0.2) is 0 Å². The van der Waals surface area contributed by atoms with Crippen LogP contribution in [0.1, 0.15) is 37.7 Å². The van der Waals surface area contributed by atoms with Gasteiger partial charge in [0.2, 0.25) is 5.91 Å². The lowest BCUT2D eigenvalue weighted by Crippen LogP contribution is -2.47. The van der Waals surface area contributed by atoms with Crippen LogP contribution in [0.4, 0.5) is 0 Å². The molecule has 5 nitrogen and oxygen atoms in total. The lowest BCUT2D eigenvalue weighted by atomic mass is 9.79. The Morgan fingerprint density at radius 3 is 2.91 bits per heavy atom. The molecule has 1 amide bonds. The first-order valence-corrected chi connectivity index (χ1v) is 8.01. The maximum atomic E-state index is 12.2. The number of aromatic nitrogens is 1. The highest BCUT2D eigenvalue weighted by atomic mass is 16.5. The quantitative estimate of drug-likeness (QED) is 0.805. The van der Waals surface area contributed by atoms with E-state index in [9.17, 15) is 4.79 Å². The maximum Gasteiger partial charge on any atom is 0.220 e. The molecule has 1 aromatic heterocycles. The first-order valence-electron chi connectivity index (χ1n) is 8.01. The summed E-state index contributed by atoms with van der Waals surface area (Å²) in [5.74, 6) is 0.283. The molecule has 0 saturated carbocycles. The summed E-state index contributed by atoms with van der Waals surface area (Å²) in [6, 6.07) is 3.93. The number of pyridine rings is 1. The average molecular weight is 305 g/mol. The van der Waals surface area contributed by atoms with Crippen LogP contribution in [-0.4, -0.2) is 44.2 Å². The minimum absolute atomic E-state index is 0.0766. The van der Waals surface area contributed by atoms with Crippen LogP contribution in [0.5, 0.6) is 0 Å². The molecule has 1 atom stereocenters. The van der Waals surface area contributed by atoms with Gasteiger partial charge in [0.05, 0.1) is 6.61 Å². The fraction of sp³-hybridized carbons (Fsp3) is 0.647. The van der Waals surface area contributed by atoms with Gasteiger partial charge in [-0.3, -0.25) is 9.78 Å². The highest BCUT2D eigenvalue weighted by Crippen LogP contribution is 2.28. The van der Waals surface area contributed by atoms with E-state index < -0.39 is 0 Å². The Hall–Kier alpha value is -1.46. The number of hydrogen-bond donors (Lipinski definition) is 2. The molecule has 2 rings (SSSR count). The van der Waals surface area contributed by atoms with Gasteiger partial charge in [0, 0.05) is 37.9 Å². The van der Waals surface area contributed by atoms with E-state index in [0.29, 0.717) is 19.6 Å². The van der Waals surface area contributed by atoms with Crippen molar-refractivity contribution in [1.82, 2.24) is 15.6 Å². The molecule has 22 heavy (non-hydrogen) atoms. The predicted octanol–water partition coefficient (Wildman–Crippen LogP) is 1.71. The monoisotopic (exact) mass is 305 g/mol. The van der Waals surface area contributed by atoms with Gasteiger partial charge in [-0.15, -0.1) is 0 Å². The van der Waals surface area contributed by atoms with Crippen LogP contribution in [0.15, 0.2) is 24.5 Å². The molecule has 2 heterocycles. The zero-order chi connectivity index (χ0) is 15.8. The molecule has 1 aromatic rings. The van der Waals surface area contributed by atoms with Crippen molar-refractivity contribution in [3.8, 4) is 0 Å². The second-order valence-electron chi connectivity index (χ2n) is 6.35. The molecule has 122 valence electrons. The fourth-order valence-corrected chi connectivity index (χ4v) is 3.06. The van der Waals surface area contributed by atoms with Crippen LogP contribution in [-0.2, 0) is 9.53 Å². The Labute approximate surface area is 132 Å². The minimum Gasteiger partial charge on any atom is -0.384 e. The summed E-state index contributed by atoms with van der Waals surface area (Å²) in [6.07, 6.45) is 6.16. The number of rotatable bonds is 7. The molecule has 2 N–H and O–H groups in total. The van der Waals surface area contributed by atoms with Gasteiger partial charge in [-0.25, -0.2) is 0 Å². The van der Waals surface area contributed by atoms with E-state index in [4.69, 9.17) is 4.74 Å². The fourth-order valence-electron chi connectivity index (χ4n) is 3.06. The first kappa shape index (κ1) is 16.9. The van der Waals surface area contributed by atoms with Gasteiger partial charge in [-0.1, -0.05) is 13.0 Å². The molecule has 0 aromatic carbocycles. The largest absolute Gasteiger partial charge is 0.384 e. The number of nitrogens with zero attached hydrogens (tertiary/aromatic N) is 1. The van der Waals surface area contributed by atoms with Crippen LogP contribution in [0.2, 0.25) is 0 Å². The zero-order valence-electron chi connectivity index (χ0n) is 13.6. The molecular weight excluding hydrogens is 278 g/mol. The smallest absolute Gasteiger partial charge is 0.220 e. The highest BCUT2D eigenvalue weighted by Gasteiger charge is 2.32. The molecule has 5 heteroatoms. The highest BCUT2D eigenvalue weighted by molar-refractivity contribution is 5.76. The molecule has 1 fully saturated rings. The summed E-state index contributed by atoms with van der Waals surface area (Å²) in [5.41, 5.74) is 1.18. The van der Waals surface area contributed by atoms with Gasteiger partial charge >= 0.3 is 0 Å². The maximum absolute atomic E-state index is 12.2.